The number of fused-ring (bicyclic) bond motifs is 2. The Labute approximate surface area is 159 Å². The summed E-state index contributed by atoms with van der Waals surface area (Å²) in [6.07, 6.45) is 0.900. The minimum Gasteiger partial charge on any atom is -0.369 e. The number of nitrogens with zero attached hydrogens (tertiary/aromatic N) is 2. The highest BCUT2D eigenvalue weighted by Gasteiger charge is 2.66. The number of hydrogen-bond donors (Lipinski definition) is 2. The highest BCUT2D eigenvalue weighted by atomic mass is 16.2. The lowest BCUT2D eigenvalue weighted by Gasteiger charge is -2.34. The van der Waals surface area contributed by atoms with Crippen LogP contribution in [0, 0.1) is 16.7 Å². The fourth-order valence-corrected chi connectivity index (χ4v) is 5.28. The van der Waals surface area contributed by atoms with Gasteiger partial charge in [-0.2, -0.15) is 0 Å². The van der Waals surface area contributed by atoms with Gasteiger partial charge in [-0.25, -0.2) is 0 Å². The van der Waals surface area contributed by atoms with E-state index in [9.17, 15) is 4.79 Å². The molecule has 0 saturated heterocycles. The average Bonchev–Trinajstić information content (AvgIpc) is 3.05. The van der Waals surface area contributed by atoms with Crippen LogP contribution in [0.1, 0.15) is 49.3 Å². The molecule has 0 bridgehead atoms. The number of nitrogens with one attached hydrogen (secondary N) is 2. The Bertz CT molecular complexity index is 1010. The lowest BCUT2D eigenvalue weighted by molar-refractivity contribution is 0.0962. The summed E-state index contributed by atoms with van der Waals surface area (Å²) in [5, 5.41) is 0.941. The monoisotopic (exact) mass is 362 g/mol. The van der Waals surface area contributed by atoms with Crippen molar-refractivity contribution >= 4 is 22.5 Å². The number of aromatic nitrogens is 1. The van der Waals surface area contributed by atoms with Crippen LogP contribution in [0.15, 0.2) is 30.5 Å². The lowest BCUT2D eigenvalue weighted by Crippen LogP contribution is -2.37. The molecular formula is C22H26N4O. The molecule has 5 heteroatoms. The quantitative estimate of drug-likeness (QED) is 0.852. The van der Waals surface area contributed by atoms with Gasteiger partial charge in [0.05, 0.1) is 29.0 Å². The molecule has 0 spiro atoms. The second kappa shape index (κ2) is 5.03. The number of carbonyl (C=O) groups is 1. The Morgan fingerprint density at radius 2 is 1.96 bits per heavy atom. The largest absolute Gasteiger partial charge is 0.369 e. The summed E-state index contributed by atoms with van der Waals surface area (Å²) in [5.74, 6) is 0.410. The molecule has 27 heavy (non-hydrogen) atoms. The van der Waals surface area contributed by atoms with Crippen molar-refractivity contribution in [2.24, 2.45) is 16.7 Å². The minimum atomic E-state index is -0.0983. The van der Waals surface area contributed by atoms with Crippen molar-refractivity contribution in [3.63, 3.8) is 0 Å². The number of anilines is 1. The van der Waals surface area contributed by atoms with Crippen LogP contribution in [0.2, 0.25) is 0 Å². The zero-order valence-corrected chi connectivity index (χ0v) is 16.4. The van der Waals surface area contributed by atoms with Crippen LogP contribution in [0.5, 0.6) is 0 Å². The number of amides is 1. The van der Waals surface area contributed by atoms with E-state index in [4.69, 9.17) is 4.98 Å². The lowest BCUT2D eigenvalue weighted by atomic mass is 9.95. The maximum absolute atomic E-state index is 12.2. The van der Waals surface area contributed by atoms with E-state index in [1.165, 1.54) is 11.3 Å². The summed E-state index contributed by atoms with van der Waals surface area (Å²) in [6.45, 7) is 15.5. The highest BCUT2D eigenvalue weighted by molar-refractivity contribution is 6.14. The number of hydrazine groups is 1. The molecule has 3 aliphatic rings. The molecule has 1 aromatic carbocycles. The molecular weight excluding hydrogens is 336 g/mol. The third kappa shape index (κ3) is 2.05. The van der Waals surface area contributed by atoms with Gasteiger partial charge >= 0.3 is 0 Å². The molecule has 1 saturated carbocycles. The van der Waals surface area contributed by atoms with Crippen molar-refractivity contribution in [3.8, 4) is 0 Å². The summed E-state index contributed by atoms with van der Waals surface area (Å²) in [4.78, 5) is 19.5. The Morgan fingerprint density at radius 1 is 1.22 bits per heavy atom. The maximum atomic E-state index is 12.2. The number of rotatable bonds is 2. The van der Waals surface area contributed by atoms with Gasteiger partial charge in [0, 0.05) is 29.1 Å². The zero-order valence-electron chi connectivity index (χ0n) is 16.4. The van der Waals surface area contributed by atoms with E-state index in [0.29, 0.717) is 11.5 Å². The van der Waals surface area contributed by atoms with Crippen LogP contribution in [0.25, 0.3) is 10.9 Å². The summed E-state index contributed by atoms with van der Waals surface area (Å²) in [5.41, 5.74) is 12.6. The van der Waals surface area contributed by atoms with Crippen molar-refractivity contribution in [3.05, 3.63) is 47.3 Å². The average molecular weight is 362 g/mol. The van der Waals surface area contributed by atoms with Gasteiger partial charge < -0.3 is 4.90 Å². The van der Waals surface area contributed by atoms with Crippen molar-refractivity contribution in [2.75, 3.05) is 12.0 Å². The van der Waals surface area contributed by atoms with Gasteiger partial charge in [0.1, 0.15) is 0 Å². The molecule has 2 aliphatic heterocycles. The standard InChI is InChI=1S/C22H26N4O/c1-12(19-21(2,3)22(19,4)5)26-10-9-13-16(11-26)23-15-8-6-7-14-17(15)18(13)24-25-20(14)27/h6-8,19,24H,1,9-11H2,2-5H3,(H,25,27). The first-order chi connectivity index (χ1) is 12.7. The number of hydrogen-bond acceptors (Lipinski definition) is 4. The maximum Gasteiger partial charge on any atom is 0.270 e. The topological polar surface area (TPSA) is 57.3 Å². The Morgan fingerprint density at radius 3 is 2.67 bits per heavy atom. The van der Waals surface area contributed by atoms with Gasteiger partial charge in [-0.1, -0.05) is 40.3 Å². The number of allylic oxidation sites excluding steroid dienone is 1. The Kier molecular flexibility index (Phi) is 3.09. The molecule has 1 aliphatic carbocycles. The van der Waals surface area contributed by atoms with Crippen LogP contribution in [0.4, 0.5) is 5.69 Å². The molecule has 2 aromatic rings. The first-order valence-electron chi connectivity index (χ1n) is 9.68. The number of pyridine rings is 1. The van der Waals surface area contributed by atoms with Gasteiger partial charge in [-0.3, -0.25) is 20.6 Å². The zero-order chi connectivity index (χ0) is 19.1. The minimum absolute atomic E-state index is 0.0983. The molecule has 3 heterocycles. The third-order valence-corrected chi connectivity index (χ3v) is 7.48. The van der Waals surface area contributed by atoms with Gasteiger partial charge in [-0.15, -0.1) is 0 Å². The third-order valence-electron chi connectivity index (χ3n) is 7.48. The first kappa shape index (κ1) is 16.6. The fourth-order valence-electron chi connectivity index (χ4n) is 5.28. The molecule has 1 amide bonds. The van der Waals surface area contributed by atoms with E-state index in [1.807, 2.05) is 18.2 Å². The Balaban J connectivity index is 1.54. The predicted molar refractivity (Wildman–Crippen MR) is 107 cm³/mol. The van der Waals surface area contributed by atoms with Crippen LogP contribution in [-0.4, -0.2) is 22.3 Å². The summed E-state index contributed by atoms with van der Waals surface area (Å²) in [6, 6.07) is 5.76. The van der Waals surface area contributed by atoms with Gasteiger partial charge in [0.15, 0.2) is 0 Å². The van der Waals surface area contributed by atoms with Crippen LogP contribution >= 0.6 is 0 Å². The van der Waals surface area contributed by atoms with Gasteiger partial charge in [0.2, 0.25) is 0 Å². The van der Waals surface area contributed by atoms with Gasteiger partial charge in [-0.05, 0) is 29.4 Å². The molecule has 0 atom stereocenters. The van der Waals surface area contributed by atoms with Crippen LogP contribution in [0.3, 0.4) is 0 Å². The molecule has 2 N–H and O–H groups in total. The molecule has 1 fully saturated rings. The SMILES string of the molecule is C=C(C1C(C)(C)C1(C)C)N1CCc2c(nc3cccc4c3c2NNC4=O)C1. The second-order valence-corrected chi connectivity index (χ2v) is 9.23. The predicted octanol–water partition coefficient (Wildman–Crippen LogP) is 3.86. The highest BCUT2D eigenvalue weighted by Crippen LogP contribution is 2.71. The molecule has 1 aromatic heterocycles. The van der Waals surface area contributed by atoms with Gasteiger partial charge in [0.25, 0.3) is 5.91 Å². The van der Waals surface area contributed by atoms with E-state index in [2.05, 4.69) is 50.0 Å². The normalized spacial score (nSPS) is 22.1. The fraction of sp³-hybridized carbons (Fsp3) is 0.455. The number of carbonyl (C=O) groups excluding carboxylic acids is 1. The molecule has 140 valence electrons. The van der Waals surface area contributed by atoms with E-state index in [1.54, 1.807) is 0 Å². The molecule has 5 rings (SSSR count). The smallest absolute Gasteiger partial charge is 0.270 e. The van der Waals surface area contributed by atoms with Crippen molar-refractivity contribution in [1.82, 2.24) is 15.3 Å². The van der Waals surface area contributed by atoms with Crippen molar-refractivity contribution in [1.29, 1.82) is 0 Å². The first-order valence-corrected chi connectivity index (χ1v) is 9.68. The van der Waals surface area contributed by atoms with Crippen LogP contribution in [-0.2, 0) is 13.0 Å². The van der Waals surface area contributed by atoms with E-state index in [-0.39, 0.29) is 16.7 Å². The van der Waals surface area contributed by atoms with E-state index >= 15 is 0 Å². The Hall–Kier alpha value is -2.56. The molecule has 0 unspecified atom stereocenters. The van der Waals surface area contributed by atoms with E-state index < -0.39 is 0 Å². The number of benzene rings is 1. The van der Waals surface area contributed by atoms with Crippen molar-refractivity contribution < 1.29 is 4.79 Å². The van der Waals surface area contributed by atoms with Crippen molar-refractivity contribution in [2.45, 2.75) is 40.7 Å². The molecule has 5 nitrogen and oxygen atoms in total. The molecule has 0 radical (unpaired) electrons. The van der Waals surface area contributed by atoms with E-state index in [0.717, 1.165) is 41.8 Å². The summed E-state index contributed by atoms with van der Waals surface area (Å²) < 4.78 is 0. The summed E-state index contributed by atoms with van der Waals surface area (Å²) in [7, 11) is 0. The summed E-state index contributed by atoms with van der Waals surface area (Å²) >= 11 is 0. The van der Waals surface area contributed by atoms with Crippen LogP contribution < -0.4 is 10.9 Å². The second-order valence-electron chi connectivity index (χ2n) is 9.23.